The van der Waals surface area contributed by atoms with Crippen molar-refractivity contribution in [2.75, 3.05) is 33.8 Å². The van der Waals surface area contributed by atoms with Crippen molar-refractivity contribution in [1.82, 2.24) is 10.2 Å². The van der Waals surface area contributed by atoms with E-state index in [0.29, 0.717) is 0 Å². The minimum Gasteiger partial charge on any atom is -0.396 e. The Hall–Kier alpha value is -1.39. The molecule has 0 fully saturated rings. The molecule has 0 radical (unpaired) electrons. The SMILES string of the molecule is CNCCc1ccccc1C(=O)N(C)CCCCCO. The van der Waals surface area contributed by atoms with Crippen molar-refractivity contribution in [3.8, 4) is 0 Å². The van der Waals surface area contributed by atoms with E-state index in [0.717, 1.165) is 49.9 Å². The normalized spacial score (nSPS) is 10.6. The van der Waals surface area contributed by atoms with E-state index in [-0.39, 0.29) is 12.5 Å². The van der Waals surface area contributed by atoms with Gasteiger partial charge in [0.15, 0.2) is 0 Å². The number of benzene rings is 1. The van der Waals surface area contributed by atoms with Gasteiger partial charge in [0.2, 0.25) is 0 Å². The predicted octanol–water partition coefficient (Wildman–Crippen LogP) is 1.68. The van der Waals surface area contributed by atoms with Crippen LogP contribution in [0.15, 0.2) is 24.3 Å². The Labute approximate surface area is 121 Å². The van der Waals surface area contributed by atoms with Crippen LogP contribution < -0.4 is 5.32 Å². The number of hydrogen-bond donors (Lipinski definition) is 2. The standard InChI is InChI=1S/C16H26N2O2/c1-17-11-10-14-8-4-5-9-15(14)16(20)18(2)12-6-3-7-13-19/h4-5,8-9,17,19H,3,6-7,10-13H2,1-2H3. The summed E-state index contributed by atoms with van der Waals surface area (Å²) in [7, 11) is 3.76. The fourth-order valence-electron chi connectivity index (χ4n) is 2.15. The van der Waals surface area contributed by atoms with E-state index < -0.39 is 0 Å². The molecule has 112 valence electrons. The summed E-state index contributed by atoms with van der Waals surface area (Å²) >= 11 is 0. The van der Waals surface area contributed by atoms with Gasteiger partial charge in [-0.25, -0.2) is 0 Å². The molecule has 0 bridgehead atoms. The maximum absolute atomic E-state index is 12.4. The van der Waals surface area contributed by atoms with Gasteiger partial charge in [0, 0.05) is 25.8 Å². The Morgan fingerprint density at radius 3 is 2.70 bits per heavy atom. The second-order valence-corrected chi connectivity index (χ2v) is 5.02. The molecule has 4 heteroatoms. The molecule has 2 N–H and O–H groups in total. The van der Waals surface area contributed by atoms with Crippen LogP contribution in [0.5, 0.6) is 0 Å². The Morgan fingerprint density at radius 2 is 2.00 bits per heavy atom. The summed E-state index contributed by atoms with van der Waals surface area (Å²) in [5, 5.41) is 11.9. The van der Waals surface area contributed by atoms with Gasteiger partial charge < -0.3 is 15.3 Å². The number of carbonyl (C=O) groups is 1. The molecule has 0 saturated carbocycles. The third-order valence-electron chi connectivity index (χ3n) is 3.39. The average Bonchev–Trinajstić information content (AvgIpc) is 2.49. The van der Waals surface area contributed by atoms with E-state index in [9.17, 15) is 4.79 Å². The van der Waals surface area contributed by atoms with Gasteiger partial charge in [0.1, 0.15) is 0 Å². The zero-order chi connectivity index (χ0) is 14.8. The topological polar surface area (TPSA) is 52.6 Å². The molecule has 20 heavy (non-hydrogen) atoms. The van der Waals surface area contributed by atoms with E-state index in [4.69, 9.17) is 5.11 Å². The number of unbranched alkanes of at least 4 members (excludes halogenated alkanes) is 2. The number of aliphatic hydroxyl groups excluding tert-OH is 1. The number of hydrogen-bond acceptors (Lipinski definition) is 3. The molecule has 0 saturated heterocycles. The summed E-state index contributed by atoms with van der Waals surface area (Å²) in [6.07, 6.45) is 3.55. The molecule has 1 rings (SSSR count). The molecule has 0 unspecified atom stereocenters. The van der Waals surface area contributed by atoms with Crippen molar-refractivity contribution in [1.29, 1.82) is 0 Å². The molecule has 0 spiro atoms. The highest BCUT2D eigenvalue weighted by Gasteiger charge is 2.14. The minimum atomic E-state index is 0.0840. The van der Waals surface area contributed by atoms with E-state index in [2.05, 4.69) is 5.32 Å². The van der Waals surface area contributed by atoms with Gasteiger partial charge in [0.05, 0.1) is 0 Å². The van der Waals surface area contributed by atoms with Crippen LogP contribution in [0, 0.1) is 0 Å². The first-order chi connectivity index (χ1) is 9.70. The summed E-state index contributed by atoms with van der Waals surface area (Å²) in [5.74, 6) is 0.0840. The molecule has 0 heterocycles. The molecule has 1 amide bonds. The molecular formula is C16H26N2O2. The lowest BCUT2D eigenvalue weighted by Crippen LogP contribution is -2.29. The number of amides is 1. The molecule has 0 aliphatic heterocycles. The molecule has 1 aromatic rings. The lowest BCUT2D eigenvalue weighted by atomic mass is 10.0. The number of carbonyl (C=O) groups excluding carboxylic acids is 1. The Bertz CT molecular complexity index is 407. The zero-order valence-electron chi connectivity index (χ0n) is 12.6. The zero-order valence-corrected chi connectivity index (χ0v) is 12.6. The average molecular weight is 278 g/mol. The highest BCUT2D eigenvalue weighted by atomic mass is 16.2. The van der Waals surface area contributed by atoms with Crippen LogP contribution in [0.2, 0.25) is 0 Å². The van der Waals surface area contributed by atoms with Crippen molar-refractivity contribution in [3.63, 3.8) is 0 Å². The molecule has 0 atom stereocenters. The fraction of sp³-hybridized carbons (Fsp3) is 0.562. The quantitative estimate of drug-likeness (QED) is 0.676. The summed E-state index contributed by atoms with van der Waals surface area (Å²) in [6.45, 7) is 1.83. The molecule has 1 aromatic carbocycles. The maximum atomic E-state index is 12.4. The predicted molar refractivity (Wildman–Crippen MR) is 82.0 cm³/mol. The van der Waals surface area contributed by atoms with Crippen molar-refractivity contribution in [2.24, 2.45) is 0 Å². The van der Waals surface area contributed by atoms with Crippen LogP contribution in [-0.4, -0.2) is 49.7 Å². The summed E-state index contributed by atoms with van der Waals surface area (Å²) in [4.78, 5) is 14.2. The van der Waals surface area contributed by atoms with Gasteiger partial charge >= 0.3 is 0 Å². The Morgan fingerprint density at radius 1 is 1.25 bits per heavy atom. The third kappa shape index (κ3) is 5.31. The fourth-order valence-corrected chi connectivity index (χ4v) is 2.15. The lowest BCUT2D eigenvalue weighted by Gasteiger charge is -2.19. The number of likely N-dealkylation sites (N-methyl/N-ethyl adjacent to an activating group) is 1. The largest absolute Gasteiger partial charge is 0.396 e. The highest BCUT2D eigenvalue weighted by molar-refractivity contribution is 5.95. The van der Waals surface area contributed by atoms with Crippen LogP contribution in [0.4, 0.5) is 0 Å². The van der Waals surface area contributed by atoms with Gasteiger partial charge in [-0.15, -0.1) is 0 Å². The van der Waals surface area contributed by atoms with E-state index in [1.54, 1.807) is 4.90 Å². The first kappa shape index (κ1) is 16.7. The third-order valence-corrected chi connectivity index (χ3v) is 3.39. The van der Waals surface area contributed by atoms with Gasteiger partial charge in [-0.1, -0.05) is 18.2 Å². The molecule has 0 aliphatic carbocycles. The van der Waals surface area contributed by atoms with E-state index in [1.807, 2.05) is 38.4 Å². The first-order valence-corrected chi connectivity index (χ1v) is 7.29. The van der Waals surface area contributed by atoms with Crippen molar-refractivity contribution >= 4 is 5.91 Å². The molecule has 4 nitrogen and oxygen atoms in total. The second kappa shape index (κ2) is 9.50. The van der Waals surface area contributed by atoms with Crippen LogP contribution in [0.3, 0.4) is 0 Å². The Kier molecular flexibility index (Phi) is 7.92. The van der Waals surface area contributed by atoms with Gasteiger partial charge in [-0.3, -0.25) is 4.79 Å². The number of rotatable bonds is 9. The minimum absolute atomic E-state index is 0.0840. The second-order valence-electron chi connectivity index (χ2n) is 5.02. The number of nitrogens with one attached hydrogen (secondary N) is 1. The summed E-state index contributed by atoms with van der Waals surface area (Å²) < 4.78 is 0. The highest BCUT2D eigenvalue weighted by Crippen LogP contribution is 2.12. The van der Waals surface area contributed by atoms with Gasteiger partial charge in [-0.05, 0) is 50.9 Å². The van der Waals surface area contributed by atoms with Gasteiger partial charge in [-0.2, -0.15) is 0 Å². The molecule has 0 aromatic heterocycles. The van der Waals surface area contributed by atoms with E-state index >= 15 is 0 Å². The van der Waals surface area contributed by atoms with Crippen LogP contribution in [-0.2, 0) is 6.42 Å². The maximum Gasteiger partial charge on any atom is 0.253 e. The Balaban J connectivity index is 2.61. The smallest absolute Gasteiger partial charge is 0.253 e. The van der Waals surface area contributed by atoms with Crippen molar-refractivity contribution < 1.29 is 9.90 Å². The molecule has 0 aliphatic rings. The number of nitrogens with zero attached hydrogens (tertiary/aromatic N) is 1. The van der Waals surface area contributed by atoms with Crippen molar-refractivity contribution in [3.05, 3.63) is 35.4 Å². The van der Waals surface area contributed by atoms with Crippen molar-refractivity contribution in [2.45, 2.75) is 25.7 Å². The van der Waals surface area contributed by atoms with Crippen LogP contribution in [0.25, 0.3) is 0 Å². The van der Waals surface area contributed by atoms with Gasteiger partial charge in [0.25, 0.3) is 5.91 Å². The number of aliphatic hydroxyl groups is 1. The van der Waals surface area contributed by atoms with Crippen LogP contribution >= 0.6 is 0 Å². The monoisotopic (exact) mass is 278 g/mol. The first-order valence-electron chi connectivity index (χ1n) is 7.29. The summed E-state index contributed by atoms with van der Waals surface area (Å²) in [6, 6.07) is 7.81. The summed E-state index contributed by atoms with van der Waals surface area (Å²) in [5.41, 5.74) is 1.89. The lowest BCUT2D eigenvalue weighted by molar-refractivity contribution is 0.0791. The molecular weight excluding hydrogens is 252 g/mol. The van der Waals surface area contributed by atoms with Crippen LogP contribution in [0.1, 0.15) is 35.2 Å². The van der Waals surface area contributed by atoms with E-state index in [1.165, 1.54) is 0 Å².